The molecule has 0 N–H and O–H groups in total. The first-order valence-corrected chi connectivity index (χ1v) is 7.35. The number of hydrogen-bond acceptors (Lipinski definition) is 3. The molecule has 0 saturated carbocycles. The lowest BCUT2D eigenvalue weighted by Crippen LogP contribution is -2.21. The maximum Gasteiger partial charge on any atom is 0.247 e. The first kappa shape index (κ1) is 15.1. The highest BCUT2D eigenvalue weighted by atomic mass is 35.5. The SMILES string of the molecule is [N-]=[N+]=NCC1Oc2cc(Cl)cc(-c3ccc(Cl)cc3Cl)c2O1. The smallest absolute Gasteiger partial charge is 0.247 e. The monoisotopic (exact) mass is 355 g/mol. The Morgan fingerprint density at radius 2 is 1.86 bits per heavy atom. The topological polar surface area (TPSA) is 67.2 Å². The van der Waals surface area contributed by atoms with Crippen molar-refractivity contribution in [2.45, 2.75) is 6.29 Å². The summed E-state index contributed by atoms with van der Waals surface area (Å²) in [6, 6.07) is 8.51. The molecular formula is C14H8Cl3N3O2. The largest absolute Gasteiger partial charge is 0.451 e. The summed E-state index contributed by atoms with van der Waals surface area (Å²) in [6.45, 7) is 0.0522. The zero-order valence-electron chi connectivity index (χ0n) is 11.0. The number of nitrogens with zero attached hydrogens (tertiary/aromatic N) is 3. The van der Waals surface area contributed by atoms with Crippen molar-refractivity contribution in [2.24, 2.45) is 5.11 Å². The highest BCUT2D eigenvalue weighted by Gasteiger charge is 2.28. The van der Waals surface area contributed by atoms with Gasteiger partial charge in [0.05, 0.1) is 5.02 Å². The maximum absolute atomic E-state index is 8.38. The third-order valence-electron chi connectivity index (χ3n) is 3.04. The fourth-order valence-corrected chi connectivity index (χ4v) is 2.88. The Morgan fingerprint density at radius 1 is 1.05 bits per heavy atom. The Balaban J connectivity index is 2.06. The van der Waals surface area contributed by atoms with E-state index < -0.39 is 6.29 Å². The standard InChI is InChI=1S/C14H8Cl3N3O2/c15-7-1-2-9(11(17)4-7)10-3-8(16)5-12-14(10)22-13(21-12)6-19-20-18/h1-5,13H,6H2. The summed E-state index contributed by atoms with van der Waals surface area (Å²) in [6.07, 6.45) is -0.686. The van der Waals surface area contributed by atoms with Gasteiger partial charge in [-0.05, 0) is 23.7 Å². The van der Waals surface area contributed by atoms with Crippen LogP contribution >= 0.6 is 34.8 Å². The summed E-state index contributed by atoms with van der Waals surface area (Å²) in [7, 11) is 0. The molecule has 0 radical (unpaired) electrons. The van der Waals surface area contributed by atoms with E-state index in [4.69, 9.17) is 49.8 Å². The number of hydrogen-bond donors (Lipinski definition) is 0. The van der Waals surface area contributed by atoms with Gasteiger partial charge in [0, 0.05) is 32.2 Å². The lowest BCUT2D eigenvalue weighted by molar-refractivity contribution is 0.0584. The molecule has 8 heteroatoms. The van der Waals surface area contributed by atoms with Crippen LogP contribution < -0.4 is 9.47 Å². The van der Waals surface area contributed by atoms with E-state index in [0.717, 1.165) is 5.56 Å². The number of ether oxygens (including phenoxy) is 2. The molecule has 1 aliphatic rings. The number of rotatable bonds is 3. The molecule has 0 fully saturated rings. The van der Waals surface area contributed by atoms with E-state index >= 15 is 0 Å². The van der Waals surface area contributed by atoms with Crippen molar-refractivity contribution in [3.8, 4) is 22.6 Å². The van der Waals surface area contributed by atoms with Crippen LogP contribution in [0.1, 0.15) is 0 Å². The second-order valence-corrected chi connectivity index (χ2v) is 5.76. The highest BCUT2D eigenvalue weighted by Crippen LogP contribution is 2.47. The van der Waals surface area contributed by atoms with Crippen molar-refractivity contribution in [1.82, 2.24) is 0 Å². The van der Waals surface area contributed by atoms with Crippen LogP contribution in [0, 0.1) is 0 Å². The van der Waals surface area contributed by atoms with Gasteiger partial charge in [-0.1, -0.05) is 46.0 Å². The van der Waals surface area contributed by atoms with Gasteiger partial charge in [0.15, 0.2) is 11.5 Å². The molecule has 2 aromatic rings. The van der Waals surface area contributed by atoms with Crippen molar-refractivity contribution in [3.63, 3.8) is 0 Å². The molecule has 22 heavy (non-hydrogen) atoms. The van der Waals surface area contributed by atoms with Crippen molar-refractivity contribution in [1.29, 1.82) is 0 Å². The van der Waals surface area contributed by atoms with Crippen LogP contribution in [0.15, 0.2) is 35.4 Å². The molecule has 1 aliphatic heterocycles. The van der Waals surface area contributed by atoms with E-state index in [9.17, 15) is 0 Å². The van der Waals surface area contributed by atoms with Gasteiger partial charge in [-0.3, -0.25) is 0 Å². The summed E-state index contributed by atoms with van der Waals surface area (Å²) in [5.74, 6) is 0.985. The number of halogens is 3. The second kappa shape index (κ2) is 6.15. The molecule has 0 aromatic heterocycles. The van der Waals surface area contributed by atoms with Gasteiger partial charge in [0.1, 0.15) is 6.54 Å². The second-order valence-electron chi connectivity index (χ2n) is 4.48. The third-order valence-corrected chi connectivity index (χ3v) is 3.81. The minimum absolute atomic E-state index is 0.0522. The van der Waals surface area contributed by atoms with Gasteiger partial charge in [-0.25, -0.2) is 0 Å². The van der Waals surface area contributed by atoms with Crippen molar-refractivity contribution < 1.29 is 9.47 Å². The Kier molecular flexibility index (Phi) is 4.23. The molecule has 5 nitrogen and oxygen atoms in total. The predicted molar refractivity (Wildman–Crippen MR) is 86.0 cm³/mol. The quantitative estimate of drug-likeness (QED) is 0.401. The van der Waals surface area contributed by atoms with Crippen LogP contribution in [0.2, 0.25) is 15.1 Å². The van der Waals surface area contributed by atoms with Gasteiger partial charge in [0.2, 0.25) is 6.29 Å². The number of fused-ring (bicyclic) bond motifs is 1. The van der Waals surface area contributed by atoms with Gasteiger partial charge >= 0.3 is 0 Å². The molecule has 0 spiro atoms. The van der Waals surface area contributed by atoms with E-state index in [1.54, 1.807) is 30.3 Å². The minimum Gasteiger partial charge on any atom is -0.451 e. The van der Waals surface area contributed by atoms with Crippen molar-refractivity contribution >= 4 is 34.8 Å². The first-order chi connectivity index (χ1) is 10.6. The average Bonchev–Trinajstić information content (AvgIpc) is 2.87. The number of azide groups is 1. The van der Waals surface area contributed by atoms with Crippen LogP contribution in [0.4, 0.5) is 0 Å². The van der Waals surface area contributed by atoms with E-state index in [-0.39, 0.29) is 6.54 Å². The molecule has 1 atom stereocenters. The molecule has 1 unspecified atom stereocenters. The summed E-state index contributed by atoms with van der Waals surface area (Å²) in [5, 5.41) is 4.93. The Labute approximate surface area is 140 Å². The van der Waals surface area contributed by atoms with E-state index in [0.29, 0.717) is 32.1 Å². The fourth-order valence-electron chi connectivity index (χ4n) is 2.16. The average molecular weight is 357 g/mol. The van der Waals surface area contributed by atoms with E-state index in [2.05, 4.69) is 10.0 Å². The summed E-state index contributed by atoms with van der Waals surface area (Å²) < 4.78 is 11.3. The predicted octanol–water partition coefficient (Wildman–Crippen LogP) is 5.72. The van der Waals surface area contributed by atoms with Gasteiger partial charge in [-0.15, -0.1) is 0 Å². The normalized spacial score (nSPS) is 15.5. The highest BCUT2D eigenvalue weighted by molar-refractivity contribution is 6.36. The van der Waals surface area contributed by atoms with Gasteiger partial charge in [-0.2, -0.15) is 0 Å². The summed E-state index contributed by atoms with van der Waals surface area (Å²) in [5.41, 5.74) is 9.79. The molecule has 0 saturated heterocycles. The lowest BCUT2D eigenvalue weighted by atomic mass is 10.0. The van der Waals surface area contributed by atoms with Crippen LogP contribution in [-0.4, -0.2) is 12.8 Å². The zero-order valence-corrected chi connectivity index (χ0v) is 13.2. The molecule has 1 heterocycles. The van der Waals surface area contributed by atoms with E-state index in [1.807, 2.05) is 0 Å². The van der Waals surface area contributed by atoms with Crippen LogP contribution in [0.3, 0.4) is 0 Å². The summed E-state index contributed by atoms with van der Waals surface area (Å²) >= 11 is 18.3. The summed E-state index contributed by atoms with van der Waals surface area (Å²) in [4.78, 5) is 2.69. The van der Waals surface area contributed by atoms with Crippen molar-refractivity contribution in [2.75, 3.05) is 6.54 Å². The molecular weight excluding hydrogens is 349 g/mol. The minimum atomic E-state index is -0.686. The zero-order chi connectivity index (χ0) is 15.7. The van der Waals surface area contributed by atoms with Crippen molar-refractivity contribution in [3.05, 3.63) is 55.8 Å². The fraction of sp³-hybridized carbons (Fsp3) is 0.143. The molecule has 2 aromatic carbocycles. The molecule has 3 rings (SSSR count). The molecule has 0 bridgehead atoms. The molecule has 0 aliphatic carbocycles. The molecule has 0 amide bonds. The van der Waals surface area contributed by atoms with Crippen LogP contribution in [-0.2, 0) is 0 Å². The van der Waals surface area contributed by atoms with Crippen LogP contribution in [0.5, 0.6) is 11.5 Å². The third kappa shape index (κ3) is 2.89. The Hall–Kier alpha value is -1.78. The Bertz CT molecular complexity index is 791. The number of benzene rings is 2. The molecule has 112 valence electrons. The Morgan fingerprint density at radius 3 is 2.59 bits per heavy atom. The van der Waals surface area contributed by atoms with Gasteiger partial charge < -0.3 is 9.47 Å². The van der Waals surface area contributed by atoms with Gasteiger partial charge in [0.25, 0.3) is 0 Å². The first-order valence-electron chi connectivity index (χ1n) is 6.21. The maximum atomic E-state index is 8.38. The van der Waals surface area contributed by atoms with Crippen LogP contribution in [0.25, 0.3) is 21.6 Å². The van der Waals surface area contributed by atoms with E-state index in [1.165, 1.54) is 0 Å². The lowest BCUT2D eigenvalue weighted by Gasteiger charge is -2.10.